The number of esters is 1. The van der Waals surface area contributed by atoms with E-state index < -0.39 is 29.1 Å². The summed E-state index contributed by atoms with van der Waals surface area (Å²) in [5.74, 6) is -0.164. The number of halogens is 3. The van der Waals surface area contributed by atoms with E-state index >= 15 is 0 Å². The lowest BCUT2D eigenvalue weighted by molar-refractivity contribution is -0.155. The summed E-state index contributed by atoms with van der Waals surface area (Å²) in [4.78, 5) is 32.1. The predicted molar refractivity (Wildman–Crippen MR) is 182 cm³/mol. The summed E-state index contributed by atoms with van der Waals surface area (Å²) in [6.07, 6.45) is 0.0279. The molecule has 1 aliphatic heterocycles. The van der Waals surface area contributed by atoms with Crippen molar-refractivity contribution < 1.29 is 28.9 Å². The predicted octanol–water partition coefficient (Wildman–Crippen LogP) is 6.76. The molecule has 0 saturated heterocycles. The third kappa shape index (κ3) is 9.68. The van der Waals surface area contributed by atoms with Gasteiger partial charge in [-0.15, -0.1) is 0 Å². The molecular formula is C34H38BrCl2N3O6. The maximum atomic E-state index is 14.2. The summed E-state index contributed by atoms with van der Waals surface area (Å²) >= 11 is 16.3. The topological polar surface area (TPSA) is 118 Å². The summed E-state index contributed by atoms with van der Waals surface area (Å²) in [6, 6.07) is 19.9. The van der Waals surface area contributed by atoms with E-state index in [0.717, 1.165) is 10.0 Å². The number of amides is 1. The zero-order valence-electron chi connectivity index (χ0n) is 25.9. The van der Waals surface area contributed by atoms with Crippen LogP contribution in [0.2, 0.25) is 10.0 Å². The van der Waals surface area contributed by atoms with Crippen LogP contribution in [0.15, 0.2) is 76.2 Å². The first-order chi connectivity index (χ1) is 21.9. The number of carbonyl (C=O) groups excluding carboxylic acids is 2. The van der Waals surface area contributed by atoms with Crippen LogP contribution in [0.4, 0.5) is 0 Å². The fraction of sp³-hybridized carbons (Fsp3) is 0.382. The number of carbonyl (C=O) groups is 2. The second-order valence-corrected chi connectivity index (χ2v) is 13.6. The van der Waals surface area contributed by atoms with Crippen LogP contribution in [0, 0.1) is 0 Å². The molecule has 0 bridgehead atoms. The van der Waals surface area contributed by atoms with Crippen LogP contribution in [0.3, 0.4) is 0 Å². The Kier molecular flexibility index (Phi) is 12.5. The van der Waals surface area contributed by atoms with Crippen LogP contribution >= 0.6 is 39.1 Å². The van der Waals surface area contributed by atoms with E-state index in [1.165, 1.54) is 0 Å². The average molecular weight is 736 g/mol. The van der Waals surface area contributed by atoms with Gasteiger partial charge in [-0.1, -0.05) is 57.3 Å². The van der Waals surface area contributed by atoms with Crippen molar-refractivity contribution in [3.8, 4) is 5.75 Å². The molecule has 3 N–H and O–H groups in total. The molecular weight excluding hydrogens is 697 g/mol. The van der Waals surface area contributed by atoms with Gasteiger partial charge in [0.1, 0.15) is 11.4 Å². The maximum Gasteiger partial charge on any atom is 0.306 e. The normalized spacial score (nSPS) is 17.6. The van der Waals surface area contributed by atoms with E-state index in [4.69, 9.17) is 47.5 Å². The third-order valence-electron chi connectivity index (χ3n) is 7.06. The van der Waals surface area contributed by atoms with Gasteiger partial charge in [0.15, 0.2) is 11.6 Å². The molecule has 3 aromatic rings. The van der Waals surface area contributed by atoms with Crippen molar-refractivity contribution in [2.24, 2.45) is 4.99 Å². The van der Waals surface area contributed by atoms with Gasteiger partial charge in [-0.05, 0) is 87.7 Å². The third-order valence-corrected chi connectivity index (χ3v) is 8.15. The fourth-order valence-corrected chi connectivity index (χ4v) is 5.63. The second-order valence-electron chi connectivity index (χ2n) is 11.8. The highest BCUT2D eigenvalue weighted by Crippen LogP contribution is 2.45. The Morgan fingerprint density at radius 1 is 1.07 bits per heavy atom. The van der Waals surface area contributed by atoms with E-state index in [1.807, 2.05) is 24.3 Å². The van der Waals surface area contributed by atoms with Gasteiger partial charge in [0.25, 0.3) is 5.91 Å². The van der Waals surface area contributed by atoms with Gasteiger partial charge in [-0.25, -0.2) is 10.4 Å². The first-order valence-electron chi connectivity index (χ1n) is 15.0. The first kappa shape index (κ1) is 35.7. The monoisotopic (exact) mass is 733 g/mol. The fourth-order valence-electron chi connectivity index (χ4n) is 4.86. The summed E-state index contributed by atoms with van der Waals surface area (Å²) in [6.45, 7) is 6.19. The molecule has 0 unspecified atom stereocenters. The van der Waals surface area contributed by atoms with Crippen molar-refractivity contribution in [2.45, 2.75) is 63.7 Å². The lowest BCUT2D eigenvalue weighted by atomic mass is 9.83. The Morgan fingerprint density at radius 3 is 2.43 bits per heavy atom. The van der Waals surface area contributed by atoms with Crippen molar-refractivity contribution in [3.63, 3.8) is 0 Å². The molecule has 0 spiro atoms. The van der Waals surface area contributed by atoms with Crippen LogP contribution in [-0.4, -0.2) is 53.8 Å². The quantitative estimate of drug-likeness (QED) is 0.0952. The average Bonchev–Trinajstić information content (AvgIpc) is 3.39. The van der Waals surface area contributed by atoms with Crippen LogP contribution in [0.25, 0.3) is 0 Å². The number of benzene rings is 3. The van der Waals surface area contributed by atoms with E-state index in [-0.39, 0.29) is 25.3 Å². The summed E-state index contributed by atoms with van der Waals surface area (Å²) < 4.78 is 18.7. The minimum Gasteiger partial charge on any atom is -0.494 e. The number of hydrazine groups is 1. The zero-order valence-corrected chi connectivity index (χ0v) is 29.0. The lowest BCUT2D eigenvalue weighted by Gasteiger charge is -2.31. The van der Waals surface area contributed by atoms with Crippen LogP contribution in [0.5, 0.6) is 5.75 Å². The molecule has 1 aliphatic rings. The highest BCUT2D eigenvalue weighted by molar-refractivity contribution is 9.10. The molecule has 0 radical (unpaired) electrons. The van der Waals surface area contributed by atoms with Gasteiger partial charge in [0, 0.05) is 51.6 Å². The molecule has 12 heteroatoms. The molecule has 0 aromatic heterocycles. The minimum atomic E-state index is -1.61. The number of aliphatic hydroxyl groups is 1. The smallest absolute Gasteiger partial charge is 0.306 e. The Balaban J connectivity index is 1.67. The van der Waals surface area contributed by atoms with Crippen LogP contribution in [-0.2, 0) is 25.5 Å². The SMILES string of the molecule is CC(C)(C)OC(=O)CC[C@]1(C(=O)NNCCc2ccc(Br)cc2)N=C(c2ccc(OCCCO)cc2)O[C@H]1c1ccc(Cl)cc1Cl. The highest BCUT2D eigenvalue weighted by Gasteiger charge is 2.54. The Labute approximate surface area is 287 Å². The van der Waals surface area contributed by atoms with Crippen molar-refractivity contribution >= 4 is 56.9 Å². The molecule has 0 fully saturated rings. The van der Waals surface area contributed by atoms with Crippen LogP contribution < -0.4 is 15.6 Å². The van der Waals surface area contributed by atoms with Crippen molar-refractivity contribution in [1.82, 2.24) is 10.9 Å². The lowest BCUT2D eigenvalue weighted by Crippen LogP contribution is -2.53. The summed E-state index contributed by atoms with van der Waals surface area (Å²) in [5, 5.41) is 9.76. The van der Waals surface area contributed by atoms with Crippen LogP contribution in [0.1, 0.15) is 62.8 Å². The molecule has 246 valence electrons. The van der Waals surface area contributed by atoms with Crippen molar-refractivity contribution in [3.05, 3.63) is 97.9 Å². The second kappa shape index (κ2) is 16.1. The molecule has 0 saturated carbocycles. The number of nitrogens with one attached hydrogen (secondary N) is 2. The zero-order chi connectivity index (χ0) is 33.3. The summed E-state index contributed by atoms with van der Waals surface area (Å²) in [7, 11) is 0. The largest absolute Gasteiger partial charge is 0.494 e. The minimum absolute atomic E-state index is 0.0301. The maximum absolute atomic E-state index is 14.2. The van der Waals surface area contributed by atoms with Gasteiger partial charge >= 0.3 is 5.97 Å². The Bertz CT molecular complexity index is 1530. The van der Waals surface area contributed by atoms with E-state index in [0.29, 0.717) is 52.9 Å². The number of ether oxygens (including phenoxy) is 3. The molecule has 3 aromatic carbocycles. The molecule has 2 atom stereocenters. The number of rotatable bonds is 14. The van der Waals surface area contributed by atoms with Gasteiger partial charge in [0.05, 0.1) is 6.61 Å². The highest BCUT2D eigenvalue weighted by atomic mass is 79.9. The Morgan fingerprint density at radius 2 is 1.78 bits per heavy atom. The summed E-state index contributed by atoms with van der Waals surface area (Å²) in [5.41, 5.74) is 5.69. The van der Waals surface area contributed by atoms with Crippen molar-refractivity contribution in [2.75, 3.05) is 19.8 Å². The molecule has 1 heterocycles. The van der Waals surface area contributed by atoms with E-state index in [2.05, 4.69) is 26.8 Å². The van der Waals surface area contributed by atoms with Gasteiger partial charge in [-0.3, -0.25) is 15.0 Å². The number of hydrogen-bond acceptors (Lipinski definition) is 8. The first-order valence-corrected chi connectivity index (χ1v) is 16.5. The number of aliphatic hydroxyl groups excluding tert-OH is 1. The van der Waals surface area contributed by atoms with Gasteiger partial charge < -0.3 is 19.3 Å². The number of hydrogen-bond donors (Lipinski definition) is 3. The number of aliphatic imine (C=N–C) groups is 1. The van der Waals surface area contributed by atoms with E-state index in [9.17, 15) is 9.59 Å². The molecule has 9 nitrogen and oxygen atoms in total. The van der Waals surface area contributed by atoms with Crippen molar-refractivity contribution in [1.29, 1.82) is 0 Å². The number of nitrogens with zero attached hydrogens (tertiary/aromatic N) is 1. The Hall–Kier alpha value is -3.15. The molecule has 4 rings (SSSR count). The van der Waals surface area contributed by atoms with Gasteiger partial charge in [-0.2, -0.15) is 0 Å². The standard InChI is InChI=1S/C34H38BrCl2N3O6/c1-33(2,3)46-29(42)15-17-34(32(43)40-38-18-16-22-5-9-24(35)10-6-22)30(27-14-11-25(36)21-28(27)37)45-31(39-34)23-7-12-26(13-8-23)44-20-4-19-41/h5-14,21,30,38,41H,4,15-20H2,1-3H3,(H,40,43)/t30-,34-/m0/s1. The molecule has 46 heavy (non-hydrogen) atoms. The van der Waals surface area contributed by atoms with Gasteiger partial charge in [0.2, 0.25) is 5.90 Å². The molecule has 0 aliphatic carbocycles. The van der Waals surface area contributed by atoms with E-state index in [1.54, 1.807) is 63.2 Å². The molecule has 1 amide bonds.